The maximum atomic E-state index is 2.42. The largest absolute Gasteiger partial charge is 1.00 e. The maximum Gasteiger partial charge on any atom is 0.0815 e. The molecule has 0 atom stereocenters. The number of quaternary nitrogens is 1. The summed E-state index contributed by atoms with van der Waals surface area (Å²) in [5, 5.41) is 0. The Morgan fingerprint density at radius 3 is 1.33 bits per heavy atom. The Bertz CT molecular complexity index is 193. The van der Waals surface area contributed by atoms with E-state index >= 15 is 0 Å². The summed E-state index contributed by atoms with van der Waals surface area (Å²) in [5.41, 5.74) is 0. The van der Waals surface area contributed by atoms with Crippen LogP contribution < -0.4 is 24.0 Å². The molecule has 2 heteroatoms. The van der Waals surface area contributed by atoms with Crippen LogP contribution in [0.3, 0.4) is 0 Å². The lowest BCUT2D eigenvalue weighted by molar-refractivity contribution is -0.931. The van der Waals surface area contributed by atoms with Gasteiger partial charge < -0.3 is 28.5 Å². The highest BCUT2D eigenvalue weighted by atomic mass is 127. The van der Waals surface area contributed by atoms with Crippen molar-refractivity contribution in [3.63, 3.8) is 0 Å². The highest BCUT2D eigenvalue weighted by Gasteiger charge is 2.33. The van der Waals surface area contributed by atoms with E-state index in [0.29, 0.717) is 0 Å². The molecule has 0 aromatic carbocycles. The van der Waals surface area contributed by atoms with Crippen molar-refractivity contribution in [1.29, 1.82) is 0 Å². The molecule has 0 bridgehead atoms. The fourth-order valence-electron chi connectivity index (χ4n) is 4.30. The molecule has 0 N–H and O–H groups in total. The topological polar surface area (TPSA) is 0 Å². The van der Waals surface area contributed by atoms with Gasteiger partial charge in [0.2, 0.25) is 0 Å². The SMILES string of the molecule is CC[N+](CC)(CC1CCCC1)CC1CCCC1.[I-]. The minimum absolute atomic E-state index is 0. The molecule has 2 aliphatic rings. The Labute approximate surface area is 131 Å². The molecular weight excluding hydrogens is 333 g/mol. The van der Waals surface area contributed by atoms with Gasteiger partial charge in [-0.3, -0.25) is 0 Å². The van der Waals surface area contributed by atoms with E-state index < -0.39 is 0 Å². The second-order valence-electron chi connectivity index (χ2n) is 6.64. The van der Waals surface area contributed by atoms with Crippen LogP contribution in [-0.4, -0.2) is 30.7 Å². The van der Waals surface area contributed by atoms with Gasteiger partial charge in [-0.2, -0.15) is 0 Å². The number of hydrogen-bond acceptors (Lipinski definition) is 0. The van der Waals surface area contributed by atoms with Crippen LogP contribution in [0.25, 0.3) is 0 Å². The monoisotopic (exact) mass is 365 g/mol. The van der Waals surface area contributed by atoms with Crippen molar-refractivity contribution >= 4 is 0 Å². The molecule has 0 saturated heterocycles. The third-order valence-corrected chi connectivity index (χ3v) is 5.58. The van der Waals surface area contributed by atoms with Crippen LogP contribution in [0, 0.1) is 11.8 Å². The molecule has 1 nitrogen and oxygen atoms in total. The second kappa shape index (κ2) is 8.08. The van der Waals surface area contributed by atoms with E-state index in [1.165, 1.54) is 82.0 Å². The van der Waals surface area contributed by atoms with Crippen molar-refractivity contribution in [2.45, 2.75) is 65.2 Å². The summed E-state index contributed by atoms with van der Waals surface area (Å²) in [5.74, 6) is 2.10. The third kappa shape index (κ3) is 4.36. The van der Waals surface area contributed by atoms with Gasteiger partial charge >= 0.3 is 0 Å². The molecule has 0 spiro atoms. The number of rotatable bonds is 6. The second-order valence-corrected chi connectivity index (χ2v) is 6.64. The van der Waals surface area contributed by atoms with Gasteiger partial charge in [-0.15, -0.1) is 0 Å². The van der Waals surface area contributed by atoms with Crippen molar-refractivity contribution in [2.75, 3.05) is 26.2 Å². The van der Waals surface area contributed by atoms with Gasteiger partial charge in [0.25, 0.3) is 0 Å². The summed E-state index contributed by atoms with van der Waals surface area (Å²) < 4.78 is 1.43. The van der Waals surface area contributed by atoms with Crippen LogP contribution in [0.1, 0.15) is 65.2 Å². The Balaban J connectivity index is 0.00000162. The summed E-state index contributed by atoms with van der Waals surface area (Å²) in [6.45, 7) is 10.6. The van der Waals surface area contributed by atoms with Crippen LogP contribution in [0.15, 0.2) is 0 Å². The minimum Gasteiger partial charge on any atom is -1.00 e. The molecular formula is C16H32IN. The van der Waals surface area contributed by atoms with E-state index in [9.17, 15) is 0 Å². The molecule has 2 fully saturated rings. The predicted molar refractivity (Wildman–Crippen MR) is 75.0 cm³/mol. The van der Waals surface area contributed by atoms with Crippen LogP contribution in [0.4, 0.5) is 0 Å². The van der Waals surface area contributed by atoms with Crippen molar-refractivity contribution < 1.29 is 28.5 Å². The maximum absolute atomic E-state index is 2.42. The first-order chi connectivity index (χ1) is 8.28. The highest BCUT2D eigenvalue weighted by Crippen LogP contribution is 2.32. The van der Waals surface area contributed by atoms with E-state index in [2.05, 4.69) is 13.8 Å². The van der Waals surface area contributed by atoms with Crippen molar-refractivity contribution in [1.82, 2.24) is 0 Å². The Hall–Kier alpha value is 0.690. The molecule has 0 aromatic rings. The van der Waals surface area contributed by atoms with Gasteiger partial charge in [0.1, 0.15) is 0 Å². The van der Waals surface area contributed by atoms with Gasteiger partial charge in [0.15, 0.2) is 0 Å². The summed E-state index contributed by atoms with van der Waals surface area (Å²) in [7, 11) is 0. The van der Waals surface area contributed by atoms with Crippen LogP contribution >= 0.6 is 0 Å². The van der Waals surface area contributed by atoms with E-state index in [0.717, 1.165) is 11.8 Å². The van der Waals surface area contributed by atoms with E-state index in [1.807, 2.05) is 0 Å². The summed E-state index contributed by atoms with van der Waals surface area (Å²) >= 11 is 0. The number of nitrogens with zero attached hydrogens (tertiary/aromatic N) is 1. The molecule has 0 aromatic heterocycles. The van der Waals surface area contributed by atoms with E-state index in [1.54, 1.807) is 0 Å². The molecule has 0 unspecified atom stereocenters. The zero-order valence-corrected chi connectivity index (χ0v) is 14.6. The minimum atomic E-state index is 0. The molecule has 0 aliphatic heterocycles. The van der Waals surface area contributed by atoms with Gasteiger partial charge in [-0.25, -0.2) is 0 Å². The molecule has 108 valence electrons. The molecule has 2 saturated carbocycles. The van der Waals surface area contributed by atoms with Gasteiger partial charge in [-0.1, -0.05) is 25.7 Å². The first-order valence-electron chi connectivity index (χ1n) is 8.13. The molecule has 18 heavy (non-hydrogen) atoms. The van der Waals surface area contributed by atoms with Crippen LogP contribution in [-0.2, 0) is 0 Å². The molecule has 0 heterocycles. The van der Waals surface area contributed by atoms with E-state index in [-0.39, 0.29) is 24.0 Å². The molecule has 2 aliphatic carbocycles. The average Bonchev–Trinajstić information content (AvgIpc) is 3.01. The van der Waals surface area contributed by atoms with Crippen molar-refractivity contribution in [3.8, 4) is 0 Å². The average molecular weight is 365 g/mol. The Morgan fingerprint density at radius 1 is 0.722 bits per heavy atom. The lowest BCUT2D eigenvalue weighted by Gasteiger charge is -2.40. The quantitative estimate of drug-likeness (QED) is 0.491. The fraction of sp³-hybridized carbons (Fsp3) is 1.00. The first-order valence-corrected chi connectivity index (χ1v) is 8.13. The smallest absolute Gasteiger partial charge is 0.0815 e. The molecule has 0 amide bonds. The summed E-state index contributed by atoms with van der Waals surface area (Å²) in [6, 6.07) is 0. The molecule has 2 rings (SSSR count). The summed E-state index contributed by atoms with van der Waals surface area (Å²) in [6.07, 6.45) is 12.1. The van der Waals surface area contributed by atoms with Crippen LogP contribution in [0.2, 0.25) is 0 Å². The summed E-state index contributed by atoms with van der Waals surface area (Å²) in [4.78, 5) is 0. The van der Waals surface area contributed by atoms with E-state index in [4.69, 9.17) is 0 Å². The standard InChI is InChI=1S/C16H32N.HI/c1-3-17(4-2,13-15-9-5-6-10-15)14-16-11-7-8-12-16;/h15-16H,3-14H2,1-2H3;1H/q+1;/p-1. The Morgan fingerprint density at radius 2 is 1.06 bits per heavy atom. The lowest BCUT2D eigenvalue weighted by Crippen LogP contribution is -3.00. The zero-order valence-electron chi connectivity index (χ0n) is 12.5. The third-order valence-electron chi connectivity index (χ3n) is 5.58. The molecule has 0 radical (unpaired) electrons. The predicted octanol–water partition coefficient (Wildman–Crippen LogP) is 1.23. The van der Waals surface area contributed by atoms with Gasteiger partial charge in [-0.05, 0) is 39.5 Å². The van der Waals surface area contributed by atoms with Crippen LogP contribution in [0.5, 0.6) is 0 Å². The van der Waals surface area contributed by atoms with Gasteiger partial charge in [0, 0.05) is 11.8 Å². The fourth-order valence-corrected chi connectivity index (χ4v) is 4.30. The number of halogens is 1. The van der Waals surface area contributed by atoms with Crippen molar-refractivity contribution in [3.05, 3.63) is 0 Å². The lowest BCUT2D eigenvalue weighted by atomic mass is 10.0. The number of hydrogen-bond donors (Lipinski definition) is 0. The van der Waals surface area contributed by atoms with Crippen molar-refractivity contribution in [2.24, 2.45) is 11.8 Å². The first kappa shape index (κ1) is 16.7. The zero-order chi connectivity index (χ0) is 12.1. The highest BCUT2D eigenvalue weighted by molar-refractivity contribution is 4.70. The normalized spacial score (nSPS) is 22.3. The van der Waals surface area contributed by atoms with Gasteiger partial charge in [0.05, 0.1) is 26.2 Å². The Kier molecular flexibility index (Phi) is 7.52.